The Morgan fingerprint density at radius 3 is 2.30 bits per heavy atom. The second-order valence-electron chi connectivity index (χ2n) is 5.51. The lowest BCUT2D eigenvalue weighted by atomic mass is 10.1. The van der Waals surface area contributed by atoms with Gasteiger partial charge in [-0.1, -0.05) is 18.2 Å². The first-order chi connectivity index (χ1) is 13.0. The van der Waals surface area contributed by atoms with E-state index in [-0.39, 0.29) is 17.3 Å². The van der Waals surface area contributed by atoms with Crippen LogP contribution >= 0.6 is 0 Å². The molecule has 0 radical (unpaired) electrons. The number of nitrogens with zero attached hydrogens (tertiary/aromatic N) is 1. The van der Waals surface area contributed by atoms with Gasteiger partial charge in [-0.25, -0.2) is 4.98 Å². The highest BCUT2D eigenvalue weighted by Crippen LogP contribution is 2.35. The molecule has 1 amide bonds. The van der Waals surface area contributed by atoms with Crippen LogP contribution in [0, 0.1) is 0 Å². The molecule has 3 rings (SSSR count). The summed E-state index contributed by atoms with van der Waals surface area (Å²) in [6.45, 7) is -0.596. The Kier molecular flexibility index (Phi) is 5.07. The van der Waals surface area contributed by atoms with Crippen LogP contribution in [0.2, 0.25) is 0 Å². The monoisotopic (exact) mass is 368 g/mol. The van der Waals surface area contributed by atoms with Crippen LogP contribution in [0.5, 0.6) is 23.1 Å². The summed E-state index contributed by atoms with van der Waals surface area (Å²) in [5.41, 5.74) is -0.321. The number of amides is 1. The number of ether oxygens (including phenoxy) is 2. The summed E-state index contributed by atoms with van der Waals surface area (Å²) in [5, 5.41) is 22.1. The van der Waals surface area contributed by atoms with Gasteiger partial charge in [0.25, 0.3) is 5.91 Å². The van der Waals surface area contributed by atoms with Crippen molar-refractivity contribution >= 4 is 22.6 Å². The molecule has 2 aromatic carbocycles. The Balaban J connectivity index is 2.03. The predicted molar refractivity (Wildman–Crippen MR) is 96.4 cm³/mol. The standard InChI is InChI=1S/C19H16N2O6/c1-26-11-6-8-12(9-7-11)27-19-14-5-3-2-4-13(14)17(24)16(21-19)18(25)20-10-15(22)23/h2-9,24H,10H2,1H3,(H,20,25)(H,22,23). The topological polar surface area (TPSA) is 118 Å². The number of pyridine rings is 1. The van der Waals surface area contributed by atoms with E-state index in [4.69, 9.17) is 14.6 Å². The number of carboxylic acid groups (broad SMARTS) is 1. The van der Waals surface area contributed by atoms with Crippen molar-refractivity contribution in [3.63, 3.8) is 0 Å². The first kappa shape index (κ1) is 18.0. The van der Waals surface area contributed by atoms with Crippen LogP contribution in [-0.4, -0.2) is 40.7 Å². The normalized spacial score (nSPS) is 10.4. The Hall–Kier alpha value is -3.81. The van der Waals surface area contributed by atoms with E-state index >= 15 is 0 Å². The van der Waals surface area contributed by atoms with E-state index < -0.39 is 18.4 Å². The summed E-state index contributed by atoms with van der Waals surface area (Å²) in [4.78, 5) is 27.0. The Morgan fingerprint density at radius 2 is 1.67 bits per heavy atom. The minimum Gasteiger partial charge on any atom is -0.505 e. The first-order valence-electron chi connectivity index (χ1n) is 7.93. The molecule has 1 aromatic heterocycles. The molecular formula is C19H16N2O6. The molecule has 8 nitrogen and oxygen atoms in total. The van der Waals surface area contributed by atoms with Crippen LogP contribution < -0.4 is 14.8 Å². The number of rotatable bonds is 6. The smallest absolute Gasteiger partial charge is 0.322 e. The van der Waals surface area contributed by atoms with Gasteiger partial charge in [-0.05, 0) is 30.3 Å². The molecule has 1 heterocycles. The molecule has 0 bridgehead atoms. The molecule has 27 heavy (non-hydrogen) atoms. The van der Waals surface area contributed by atoms with E-state index in [1.54, 1.807) is 55.6 Å². The van der Waals surface area contributed by atoms with Crippen molar-refractivity contribution in [3.8, 4) is 23.1 Å². The molecule has 0 aliphatic heterocycles. The predicted octanol–water partition coefficient (Wildman–Crippen LogP) is 2.56. The number of nitrogens with one attached hydrogen (secondary N) is 1. The second-order valence-corrected chi connectivity index (χ2v) is 5.51. The van der Waals surface area contributed by atoms with Gasteiger partial charge in [0.15, 0.2) is 11.4 Å². The molecule has 0 aliphatic rings. The lowest BCUT2D eigenvalue weighted by Crippen LogP contribution is -2.30. The van der Waals surface area contributed by atoms with Crippen molar-refractivity contribution in [2.75, 3.05) is 13.7 Å². The average Bonchev–Trinajstić information content (AvgIpc) is 2.69. The van der Waals surface area contributed by atoms with E-state index in [0.29, 0.717) is 22.3 Å². The third-order valence-electron chi connectivity index (χ3n) is 3.74. The maximum absolute atomic E-state index is 12.2. The van der Waals surface area contributed by atoms with Crippen LogP contribution in [0.15, 0.2) is 48.5 Å². The maximum Gasteiger partial charge on any atom is 0.322 e. The summed E-state index contributed by atoms with van der Waals surface area (Å²) in [5.74, 6) is -1.17. The van der Waals surface area contributed by atoms with E-state index in [1.165, 1.54) is 0 Å². The number of carbonyl (C=O) groups excluding carboxylic acids is 1. The summed E-state index contributed by atoms with van der Waals surface area (Å²) in [7, 11) is 1.55. The molecular weight excluding hydrogens is 352 g/mol. The maximum atomic E-state index is 12.2. The number of carboxylic acids is 1. The van der Waals surface area contributed by atoms with Gasteiger partial charge in [0.2, 0.25) is 5.88 Å². The van der Waals surface area contributed by atoms with Crippen LogP contribution in [0.25, 0.3) is 10.8 Å². The molecule has 0 saturated heterocycles. The molecule has 3 aromatic rings. The number of aliphatic carboxylic acids is 1. The lowest BCUT2D eigenvalue weighted by Gasteiger charge is -2.12. The van der Waals surface area contributed by atoms with E-state index in [2.05, 4.69) is 10.3 Å². The van der Waals surface area contributed by atoms with Gasteiger partial charge in [0.1, 0.15) is 18.0 Å². The van der Waals surface area contributed by atoms with Crippen molar-refractivity contribution in [2.45, 2.75) is 0 Å². The molecule has 138 valence electrons. The fourth-order valence-corrected chi connectivity index (χ4v) is 2.45. The van der Waals surface area contributed by atoms with Crippen molar-refractivity contribution in [1.29, 1.82) is 0 Å². The zero-order chi connectivity index (χ0) is 19.4. The number of methoxy groups -OCH3 is 1. The largest absolute Gasteiger partial charge is 0.505 e. The summed E-state index contributed by atoms with van der Waals surface area (Å²) >= 11 is 0. The highest BCUT2D eigenvalue weighted by molar-refractivity contribution is 6.03. The minimum absolute atomic E-state index is 0.106. The van der Waals surface area contributed by atoms with Crippen LogP contribution in [0.3, 0.4) is 0 Å². The Bertz CT molecular complexity index is 1000. The third-order valence-corrected chi connectivity index (χ3v) is 3.74. The number of benzene rings is 2. The molecule has 0 atom stereocenters. The highest BCUT2D eigenvalue weighted by atomic mass is 16.5. The SMILES string of the molecule is COc1ccc(Oc2nc(C(=O)NCC(=O)O)c(O)c3ccccc23)cc1. The number of aromatic hydroxyl groups is 1. The molecule has 0 aliphatic carbocycles. The molecule has 0 unspecified atom stereocenters. The van der Waals surface area contributed by atoms with Gasteiger partial charge in [-0.3, -0.25) is 9.59 Å². The van der Waals surface area contributed by atoms with Crippen molar-refractivity contribution in [3.05, 3.63) is 54.2 Å². The number of carbonyl (C=O) groups is 2. The van der Waals surface area contributed by atoms with Gasteiger partial charge in [-0.15, -0.1) is 0 Å². The summed E-state index contributed by atoms with van der Waals surface area (Å²) in [6, 6.07) is 13.5. The lowest BCUT2D eigenvalue weighted by molar-refractivity contribution is -0.135. The Labute approximate surface area is 154 Å². The van der Waals surface area contributed by atoms with Crippen molar-refractivity contribution < 1.29 is 29.3 Å². The average molecular weight is 368 g/mol. The summed E-state index contributed by atoms with van der Waals surface area (Å²) in [6.07, 6.45) is 0. The Morgan fingerprint density at radius 1 is 1.04 bits per heavy atom. The zero-order valence-electron chi connectivity index (χ0n) is 14.3. The fourth-order valence-electron chi connectivity index (χ4n) is 2.45. The first-order valence-corrected chi connectivity index (χ1v) is 7.93. The molecule has 0 fully saturated rings. The van der Waals surface area contributed by atoms with Gasteiger partial charge in [0.05, 0.1) is 7.11 Å². The number of hydrogen-bond donors (Lipinski definition) is 3. The van der Waals surface area contributed by atoms with Crippen molar-refractivity contribution in [1.82, 2.24) is 10.3 Å². The number of aromatic nitrogens is 1. The molecule has 8 heteroatoms. The van der Waals surface area contributed by atoms with Gasteiger partial charge >= 0.3 is 5.97 Å². The zero-order valence-corrected chi connectivity index (χ0v) is 14.3. The van der Waals surface area contributed by atoms with E-state index in [9.17, 15) is 14.7 Å². The van der Waals surface area contributed by atoms with Crippen LogP contribution in [0.4, 0.5) is 0 Å². The quantitative estimate of drug-likeness (QED) is 0.612. The van der Waals surface area contributed by atoms with Crippen LogP contribution in [0.1, 0.15) is 10.5 Å². The van der Waals surface area contributed by atoms with Gasteiger partial charge in [0, 0.05) is 10.8 Å². The van der Waals surface area contributed by atoms with E-state index in [1.807, 2.05) is 0 Å². The fraction of sp³-hybridized carbons (Fsp3) is 0.105. The summed E-state index contributed by atoms with van der Waals surface area (Å²) < 4.78 is 10.9. The number of fused-ring (bicyclic) bond motifs is 1. The molecule has 0 spiro atoms. The van der Waals surface area contributed by atoms with E-state index in [0.717, 1.165) is 0 Å². The van der Waals surface area contributed by atoms with Crippen LogP contribution in [-0.2, 0) is 4.79 Å². The van der Waals surface area contributed by atoms with Crippen molar-refractivity contribution in [2.24, 2.45) is 0 Å². The molecule has 3 N–H and O–H groups in total. The minimum atomic E-state index is -1.21. The third kappa shape index (κ3) is 3.90. The number of hydrogen-bond acceptors (Lipinski definition) is 6. The van der Waals surface area contributed by atoms with Gasteiger partial charge in [-0.2, -0.15) is 0 Å². The highest BCUT2D eigenvalue weighted by Gasteiger charge is 2.20. The van der Waals surface area contributed by atoms with Gasteiger partial charge < -0.3 is 25.0 Å². The molecule has 0 saturated carbocycles. The second kappa shape index (κ2) is 7.61.